The van der Waals surface area contributed by atoms with Gasteiger partial charge in [0.15, 0.2) is 0 Å². The van der Waals surface area contributed by atoms with Gasteiger partial charge in [0.05, 0.1) is 10.5 Å². The smallest absolute Gasteiger partial charge is 0.133 e. The van der Waals surface area contributed by atoms with Crippen molar-refractivity contribution in [3.05, 3.63) is 53.1 Å². The molecule has 0 saturated heterocycles. The molecule has 0 spiro atoms. The summed E-state index contributed by atoms with van der Waals surface area (Å²) in [5.41, 5.74) is 8.29. The van der Waals surface area contributed by atoms with Gasteiger partial charge in [-0.25, -0.2) is 9.37 Å². The average Bonchev–Trinajstić information content (AvgIpc) is 2.48. The van der Waals surface area contributed by atoms with Gasteiger partial charge in [0.25, 0.3) is 0 Å². The average molecular weight is 302 g/mol. The van der Waals surface area contributed by atoms with Crippen LogP contribution in [0.4, 0.5) is 10.2 Å². The normalized spacial score (nSPS) is 11.0. The van der Waals surface area contributed by atoms with Gasteiger partial charge in [0, 0.05) is 28.4 Å². The number of nitrogens with two attached hydrogens (primary N) is 1. The van der Waals surface area contributed by atoms with Gasteiger partial charge in [-0.15, -0.1) is 0 Å². The summed E-state index contributed by atoms with van der Waals surface area (Å²) in [7, 11) is 0. The minimum absolute atomic E-state index is 0.303. The number of benzene rings is 1. The van der Waals surface area contributed by atoms with Crippen LogP contribution < -0.4 is 5.73 Å². The first-order valence-electron chi connectivity index (χ1n) is 6.59. The molecular formula is C16H13ClFN3. The van der Waals surface area contributed by atoms with E-state index < -0.39 is 0 Å². The molecule has 106 valence electrons. The first-order valence-corrected chi connectivity index (χ1v) is 6.97. The standard InChI is InChI=1S/C16H13ClFN3/c1-2-11-4-5-12(16(19)21-11)14-13(18)6-3-9-7-10(17)8-20-15(9)14/h3-8H,2H2,1H3,(H2,19,21). The van der Waals surface area contributed by atoms with E-state index in [0.29, 0.717) is 27.5 Å². The molecule has 2 N–H and O–H groups in total. The number of nitrogens with zero attached hydrogens (tertiary/aromatic N) is 2. The van der Waals surface area contributed by atoms with Crippen LogP contribution in [-0.4, -0.2) is 9.97 Å². The third kappa shape index (κ3) is 2.43. The molecule has 3 rings (SSSR count). The summed E-state index contributed by atoms with van der Waals surface area (Å²) >= 11 is 5.93. The lowest BCUT2D eigenvalue weighted by atomic mass is 10.0. The molecule has 0 fully saturated rings. The summed E-state index contributed by atoms with van der Waals surface area (Å²) in [6, 6.07) is 8.42. The minimum Gasteiger partial charge on any atom is -0.383 e. The van der Waals surface area contributed by atoms with E-state index in [9.17, 15) is 4.39 Å². The van der Waals surface area contributed by atoms with E-state index in [-0.39, 0.29) is 5.82 Å². The van der Waals surface area contributed by atoms with Crippen LogP contribution in [-0.2, 0) is 6.42 Å². The highest BCUT2D eigenvalue weighted by molar-refractivity contribution is 6.31. The SMILES string of the molecule is CCc1ccc(-c2c(F)ccc3cc(Cl)cnc23)c(N)n1. The Kier molecular flexibility index (Phi) is 3.47. The largest absolute Gasteiger partial charge is 0.383 e. The number of hydrogen-bond donors (Lipinski definition) is 1. The third-order valence-corrected chi connectivity index (χ3v) is 3.59. The van der Waals surface area contributed by atoms with E-state index >= 15 is 0 Å². The summed E-state index contributed by atoms with van der Waals surface area (Å²) in [6.45, 7) is 1.99. The van der Waals surface area contributed by atoms with Gasteiger partial charge >= 0.3 is 0 Å². The molecule has 0 aliphatic heterocycles. The number of anilines is 1. The van der Waals surface area contributed by atoms with Crippen LogP contribution in [0.5, 0.6) is 0 Å². The predicted octanol–water partition coefficient (Wildman–Crippen LogP) is 4.23. The second-order valence-electron chi connectivity index (χ2n) is 4.74. The lowest BCUT2D eigenvalue weighted by Gasteiger charge is -2.10. The summed E-state index contributed by atoms with van der Waals surface area (Å²) < 4.78 is 14.3. The maximum absolute atomic E-state index is 14.3. The quantitative estimate of drug-likeness (QED) is 0.770. The van der Waals surface area contributed by atoms with Crippen molar-refractivity contribution in [3.63, 3.8) is 0 Å². The second-order valence-corrected chi connectivity index (χ2v) is 5.17. The maximum Gasteiger partial charge on any atom is 0.133 e. The Bertz CT molecular complexity index is 833. The zero-order valence-electron chi connectivity index (χ0n) is 11.4. The van der Waals surface area contributed by atoms with E-state index in [1.165, 1.54) is 12.3 Å². The zero-order chi connectivity index (χ0) is 15.0. The Hall–Kier alpha value is -2.20. The van der Waals surface area contributed by atoms with Gasteiger partial charge < -0.3 is 5.73 Å². The molecular weight excluding hydrogens is 289 g/mol. The second kappa shape index (κ2) is 5.30. The molecule has 0 atom stereocenters. The molecule has 0 saturated carbocycles. The van der Waals surface area contributed by atoms with Crippen molar-refractivity contribution in [2.24, 2.45) is 0 Å². The van der Waals surface area contributed by atoms with Gasteiger partial charge in [0.2, 0.25) is 0 Å². The summed E-state index contributed by atoms with van der Waals surface area (Å²) in [5, 5.41) is 1.27. The van der Waals surface area contributed by atoms with Crippen LogP contribution in [0.15, 0.2) is 36.5 Å². The number of fused-ring (bicyclic) bond motifs is 1. The van der Waals surface area contributed by atoms with Gasteiger partial charge in [-0.1, -0.05) is 18.5 Å². The minimum atomic E-state index is -0.380. The molecule has 0 bridgehead atoms. The van der Waals surface area contributed by atoms with Crippen molar-refractivity contribution >= 4 is 28.3 Å². The fourth-order valence-corrected chi connectivity index (χ4v) is 2.50. The van der Waals surface area contributed by atoms with Crippen molar-refractivity contribution in [1.29, 1.82) is 0 Å². The van der Waals surface area contributed by atoms with E-state index in [2.05, 4.69) is 9.97 Å². The first kappa shape index (κ1) is 13.8. The van der Waals surface area contributed by atoms with Crippen molar-refractivity contribution < 1.29 is 4.39 Å². The fraction of sp³-hybridized carbons (Fsp3) is 0.125. The van der Waals surface area contributed by atoms with Gasteiger partial charge in [-0.05, 0) is 36.8 Å². The van der Waals surface area contributed by atoms with Crippen LogP contribution in [0.3, 0.4) is 0 Å². The molecule has 0 aliphatic carbocycles. The van der Waals surface area contributed by atoms with E-state index in [1.54, 1.807) is 18.2 Å². The van der Waals surface area contributed by atoms with E-state index in [0.717, 1.165) is 17.5 Å². The Morgan fingerprint density at radius 2 is 2.05 bits per heavy atom. The van der Waals surface area contributed by atoms with Crippen molar-refractivity contribution in [2.75, 3.05) is 5.73 Å². The Labute approximate surface area is 126 Å². The molecule has 0 radical (unpaired) electrons. The van der Waals surface area contributed by atoms with Gasteiger partial charge in [0.1, 0.15) is 11.6 Å². The van der Waals surface area contributed by atoms with Crippen LogP contribution in [0.25, 0.3) is 22.0 Å². The molecule has 0 aliphatic rings. The summed E-state index contributed by atoms with van der Waals surface area (Å²) in [4.78, 5) is 8.54. The first-order chi connectivity index (χ1) is 10.1. The van der Waals surface area contributed by atoms with Gasteiger partial charge in [-0.2, -0.15) is 0 Å². The monoisotopic (exact) mass is 301 g/mol. The number of nitrogen functional groups attached to an aromatic ring is 1. The molecule has 2 aromatic heterocycles. The zero-order valence-corrected chi connectivity index (χ0v) is 12.2. The van der Waals surface area contributed by atoms with Crippen LogP contribution in [0.1, 0.15) is 12.6 Å². The number of aryl methyl sites for hydroxylation is 1. The molecule has 5 heteroatoms. The van der Waals surface area contributed by atoms with Crippen molar-refractivity contribution in [1.82, 2.24) is 9.97 Å². The lowest BCUT2D eigenvalue weighted by molar-refractivity contribution is 0.632. The molecule has 0 amide bonds. The number of hydrogen-bond acceptors (Lipinski definition) is 3. The van der Waals surface area contributed by atoms with E-state index in [4.69, 9.17) is 17.3 Å². The Morgan fingerprint density at radius 3 is 2.76 bits per heavy atom. The lowest BCUT2D eigenvalue weighted by Crippen LogP contribution is -2.00. The predicted molar refractivity (Wildman–Crippen MR) is 83.7 cm³/mol. The molecule has 3 aromatic rings. The Morgan fingerprint density at radius 1 is 1.24 bits per heavy atom. The van der Waals surface area contributed by atoms with E-state index in [1.807, 2.05) is 13.0 Å². The van der Waals surface area contributed by atoms with Crippen molar-refractivity contribution in [2.45, 2.75) is 13.3 Å². The summed E-state index contributed by atoms with van der Waals surface area (Å²) in [6.07, 6.45) is 2.27. The highest BCUT2D eigenvalue weighted by atomic mass is 35.5. The van der Waals surface area contributed by atoms with Gasteiger partial charge in [-0.3, -0.25) is 4.98 Å². The van der Waals surface area contributed by atoms with Crippen LogP contribution >= 0.6 is 11.6 Å². The number of aromatic nitrogens is 2. The maximum atomic E-state index is 14.3. The topological polar surface area (TPSA) is 51.8 Å². The molecule has 0 unspecified atom stereocenters. The van der Waals surface area contributed by atoms with Crippen LogP contribution in [0, 0.1) is 5.82 Å². The number of rotatable bonds is 2. The van der Waals surface area contributed by atoms with Crippen LogP contribution in [0.2, 0.25) is 5.02 Å². The van der Waals surface area contributed by atoms with Crippen molar-refractivity contribution in [3.8, 4) is 11.1 Å². The highest BCUT2D eigenvalue weighted by Crippen LogP contribution is 2.33. The molecule has 1 aromatic carbocycles. The molecule has 3 nitrogen and oxygen atoms in total. The third-order valence-electron chi connectivity index (χ3n) is 3.38. The number of pyridine rings is 2. The number of halogens is 2. The molecule has 21 heavy (non-hydrogen) atoms. The fourth-order valence-electron chi connectivity index (χ4n) is 2.33. The Balaban J connectivity index is 2.31. The summed E-state index contributed by atoms with van der Waals surface area (Å²) in [5.74, 6) is -0.0763. The molecule has 2 heterocycles. The highest BCUT2D eigenvalue weighted by Gasteiger charge is 2.15.